The molecule has 2 aromatic rings. The molecular weight excluding hydrogens is 370 g/mol. The largest absolute Gasteiger partial charge is 0.381 e. The van der Waals surface area contributed by atoms with Gasteiger partial charge in [0.05, 0.1) is 0 Å². The molecular formula is C19H22ClN3O4. The van der Waals surface area contributed by atoms with Gasteiger partial charge in [0.1, 0.15) is 6.54 Å². The van der Waals surface area contributed by atoms with Gasteiger partial charge in [0.15, 0.2) is 0 Å². The fourth-order valence-corrected chi connectivity index (χ4v) is 3.55. The molecule has 0 unspecified atom stereocenters. The maximum absolute atomic E-state index is 12.4. The Morgan fingerprint density at radius 2 is 2.00 bits per heavy atom. The summed E-state index contributed by atoms with van der Waals surface area (Å²) in [7, 11) is 1.38. The third kappa shape index (κ3) is 4.31. The highest BCUT2D eigenvalue weighted by Crippen LogP contribution is 2.35. The number of amides is 1. The predicted molar refractivity (Wildman–Crippen MR) is 102 cm³/mol. The molecule has 7 nitrogen and oxygen atoms in total. The van der Waals surface area contributed by atoms with E-state index in [1.165, 1.54) is 23.9 Å². The monoisotopic (exact) mass is 391 g/mol. The van der Waals surface area contributed by atoms with Crippen LogP contribution in [0.15, 0.2) is 46.1 Å². The zero-order valence-electron chi connectivity index (χ0n) is 15.1. The van der Waals surface area contributed by atoms with Crippen LogP contribution in [0.2, 0.25) is 5.02 Å². The lowest BCUT2D eigenvalue weighted by Gasteiger charge is -2.38. The van der Waals surface area contributed by atoms with Gasteiger partial charge < -0.3 is 10.1 Å². The van der Waals surface area contributed by atoms with Gasteiger partial charge in [-0.25, -0.2) is 4.79 Å². The lowest BCUT2D eigenvalue weighted by Crippen LogP contribution is -2.46. The van der Waals surface area contributed by atoms with Crippen molar-refractivity contribution < 1.29 is 9.53 Å². The molecule has 144 valence electrons. The van der Waals surface area contributed by atoms with Gasteiger partial charge in [-0.1, -0.05) is 23.7 Å². The van der Waals surface area contributed by atoms with E-state index >= 15 is 0 Å². The molecule has 1 N–H and O–H groups in total. The summed E-state index contributed by atoms with van der Waals surface area (Å²) in [5, 5.41) is 3.59. The number of aromatic nitrogens is 2. The van der Waals surface area contributed by atoms with E-state index in [4.69, 9.17) is 16.3 Å². The second-order valence-electron chi connectivity index (χ2n) is 6.80. The van der Waals surface area contributed by atoms with E-state index in [0.717, 1.165) is 23.0 Å². The number of carbonyl (C=O) groups excluding carboxylic acids is 1. The number of halogens is 1. The first-order valence-electron chi connectivity index (χ1n) is 8.78. The second-order valence-corrected chi connectivity index (χ2v) is 7.24. The maximum atomic E-state index is 12.4. The van der Waals surface area contributed by atoms with Crippen LogP contribution in [-0.4, -0.2) is 34.8 Å². The summed E-state index contributed by atoms with van der Waals surface area (Å²) in [5.74, 6) is -0.288. The van der Waals surface area contributed by atoms with Crippen LogP contribution in [0.25, 0.3) is 0 Å². The molecule has 8 heteroatoms. The number of benzene rings is 1. The molecule has 1 aliphatic rings. The number of nitrogens with zero attached hydrogens (tertiary/aromatic N) is 2. The highest BCUT2D eigenvalue weighted by Gasteiger charge is 2.35. The molecule has 0 saturated carbocycles. The van der Waals surface area contributed by atoms with Crippen LogP contribution in [0.5, 0.6) is 0 Å². The van der Waals surface area contributed by atoms with Gasteiger partial charge in [-0.3, -0.25) is 18.7 Å². The SMILES string of the molecule is Cn1c(=O)ccn(CC(=O)NCC2(c3cccc(Cl)c3)CCOCC2)c1=O. The number of rotatable bonds is 5. The van der Waals surface area contributed by atoms with Crippen molar-refractivity contribution in [1.29, 1.82) is 0 Å². The topological polar surface area (TPSA) is 82.3 Å². The van der Waals surface area contributed by atoms with E-state index in [1.807, 2.05) is 24.3 Å². The molecule has 0 radical (unpaired) electrons. The molecule has 27 heavy (non-hydrogen) atoms. The van der Waals surface area contributed by atoms with Gasteiger partial charge in [0.25, 0.3) is 5.56 Å². The van der Waals surface area contributed by atoms with Gasteiger partial charge in [-0.15, -0.1) is 0 Å². The van der Waals surface area contributed by atoms with Crippen LogP contribution >= 0.6 is 11.6 Å². The highest BCUT2D eigenvalue weighted by atomic mass is 35.5. The average molecular weight is 392 g/mol. The number of ether oxygens (including phenoxy) is 1. The Balaban J connectivity index is 1.74. The van der Waals surface area contributed by atoms with Crippen molar-refractivity contribution in [1.82, 2.24) is 14.5 Å². The van der Waals surface area contributed by atoms with Crippen molar-refractivity contribution in [3.05, 3.63) is 68.0 Å². The molecule has 1 aromatic carbocycles. The normalized spacial score (nSPS) is 16.1. The smallest absolute Gasteiger partial charge is 0.331 e. The Hall–Kier alpha value is -2.38. The molecule has 3 rings (SSSR count). The van der Waals surface area contributed by atoms with E-state index in [9.17, 15) is 14.4 Å². The quantitative estimate of drug-likeness (QED) is 0.826. The van der Waals surface area contributed by atoms with Crippen LogP contribution in [0, 0.1) is 0 Å². The first-order chi connectivity index (χ1) is 12.9. The zero-order chi connectivity index (χ0) is 19.4. The highest BCUT2D eigenvalue weighted by molar-refractivity contribution is 6.30. The van der Waals surface area contributed by atoms with Crippen molar-refractivity contribution in [3.63, 3.8) is 0 Å². The standard InChI is InChI=1S/C19H22ClN3O4/c1-22-17(25)5-8-23(18(22)26)12-16(24)21-13-19(6-9-27-10-7-19)14-3-2-4-15(20)11-14/h2-5,8,11H,6-7,9-10,12-13H2,1H3,(H,21,24). The van der Waals surface area contributed by atoms with E-state index in [2.05, 4.69) is 5.32 Å². The Labute approximate surface area is 161 Å². The maximum Gasteiger partial charge on any atom is 0.331 e. The van der Waals surface area contributed by atoms with Crippen molar-refractivity contribution in [2.24, 2.45) is 7.05 Å². The Morgan fingerprint density at radius 3 is 2.70 bits per heavy atom. The number of hydrogen-bond acceptors (Lipinski definition) is 4. The fourth-order valence-electron chi connectivity index (χ4n) is 3.36. The van der Waals surface area contributed by atoms with E-state index in [0.29, 0.717) is 24.8 Å². The van der Waals surface area contributed by atoms with Crippen molar-refractivity contribution in [2.45, 2.75) is 24.8 Å². The van der Waals surface area contributed by atoms with E-state index in [1.54, 1.807) is 0 Å². The molecule has 2 heterocycles. The third-order valence-electron chi connectivity index (χ3n) is 5.09. The minimum Gasteiger partial charge on any atom is -0.381 e. The molecule has 1 aliphatic heterocycles. The Morgan fingerprint density at radius 1 is 1.26 bits per heavy atom. The van der Waals surface area contributed by atoms with Gasteiger partial charge in [0.2, 0.25) is 5.91 Å². The van der Waals surface area contributed by atoms with Gasteiger partial charge in [-0.2, -0.15) is 0 Å². The molecule has 1 fully saturated rings. The van der Waals surface area contributed by atoms with Crippen LogP contribution in [-0.2, 0) is 28.5 Å². The molecule has 1 amide bonds. The molecule has 0 bridgehead atoms. The van der Waals surface area contributed by atoms with Crippen LogP contribution < -0.4 is 16.6 Å². The lowest BCUT2D eigenvalue weighted by atomic mass is 9.74. The Bertz CT molecular complexity index is 944. The lowest BCUT2D eigenvalue weighted by molar-refractivity contribution is -0.122. The van der Waals surface area contributed by atoms with Crippen LogP contribution in [0.1, 0.15) is 18.4 Å². The third-order valence-corrected chi connectivity index (χ3v) is 5.32. The number of carbonyl (C=O) groups is 1. The molecule has 0 aliphatic carbocycles. The Kier molecular flexibility index (Phi) is 5.82. The van der Waals surface area contributed by atoms with Gasteiger partial charge in [0, 0.05) is 49.5 Å². The minimum atomic E-state index is -0.520. The van der Waals surface area contributed by atoms with Crippen molar-refractivity contribution in [3.8, 4) is 0 Å². The average Bonchev–Trinajstić information content (AvgIpc) is 2.68. The summed E-state index contributed by atoms with van der Waals surface area (Å²) >= 11 is 6.16. The summed E-state index contributed by atoms with van der Waals surface area (Å²) in [6.07, 6.45) is 2.88. The summed E-state index contributed by atoms with van der Waals surface area (Å²) < 4.78 is 7.68. The van der Waals surface area contributed by atoms with Crippen LogP contribution in [0.3, 0.4) is 0 Å². The second kappa shape index (κ2) is 8.10. The van der Waals surface area contributed by atoms with Gasteiger partial charge >= 0.3 is 5.69 Å². The minimum absolute atomic E-state index is 0.144. The fraction of sp³-hybridized carbons (Fsp3) is 0.421. The van der Waals surface area contributed by atoms with Crippen LogP contribution in [0.4, 0.5) is 0 Å². The van der Waals surface area contributed by atoms with Crippen molar-refractivity contribution >= 4 is 17.5 Å². The molecule has 0 spiro atoms. The first kappa shape index (κ1) is 19.4. The predicted octanol–water partition coefficient (Wildman–Crippen LogP) is 1.07. The zero-order valence-corrected chi connectivity index (χ0v) is 15.9. The van der Waals surface area contributed by atoms with Crippen molar-refractivity contribution in [2.75, 3.05) is 19.8 Å². The molecule has 1 aromatic heterocycles. The summed E-state index contributed by atoms with van der Waals surface area (Å²) in [4.78, 5) is 36.0. The first-order valence-corrected chi connectivity index (χ1v) is 9.16. The summed E-state index contributed by atoms with van der Waals surface area (Å²) in [6, 6.07) is 8.93. The van der Waals surface area contributed by atoms with E-state index < -0.39 is 11.2 Å². The summed E-state index contributed by atoms with van der Waals surface area (Å²) in [5.41, 5.74) is -0.113. The summed E-state index contributed by atoms with van der Waals surface area (Å²) in [6.45, 7) is 1.51. The number of hydrogen-bond donors (Lipinski definition) is 1. The number of nitrogens with one attached hydrogen (secondary N) is 1. The molecule has 1 saturated heterocycles. The molecule has 0 atom stereocenters. The van der Waals surface area contributed by atoms with E-state index in [-0.39, 0.29) is 17.9 Å². The van der Waals surface area contributed by atoms with Gasteiger partial charge in [-0.05, 0) is 30.5 Å².